The Kier molecular flexibility index (Phi) is 8.71. The van der Waals surface area contributed by atoms with Crippen LogP contribution >= 0.6 is 0 Å². The maximum absolute atomic E-state index is 2.74. The number of fused-ring (bicyclic) bond motifs is 14. The molecule has 0 N–H and O–H groups in total. The Balaban J connectivity index is 0.931. The second-order valence-electron chi connectivity index (χ2n) is 22.3. The van der Waals surface area contributed by atoms with Gasteiger partial charge in [0.2, 0.25) is 0 Å². The van der Waals surface area contributed by atoms with E-state index < -0.39 is 0 Å². The van der Waals surface area contributed by atoms with Gasteiger partial charge in [0.15, 0.2) is 0 Å². The molecule has 334 valence electrons. The molecule has 4 unspecified atom stereocenters. The van der Waals surface area contributed by atoms with Gasteiger partial charge in [0.25, 0.3) is 0 Å². The summed E-state index contributed by atoms with van der Waals surface area (Å²) in [5, 5.41) is 5.48. The molecule has 5 aliphatic rings. The fourth-order valence-corrected chi connectivity index (χ4v) is 15.1. The Hall–Kier alpha value is -6.12. The summed E-state index contributed by atoms with van der Waals surface area (Å²) >= 11 is 0. The van der Waals surface area contributed by atoms with Crippen LogP contribution in [0.1, 0.15) is 124 Å². The molecule has 0 radical (unpaired) electrons. The lowest BCUT2D eigenvalue weighted by molar-refractivity contribution is 0.195. The van der Waals surface area contributed by atoms with E-state index in [0.29, 0.717) is 0 Å². The smallest absolute Gasteiger partial charge is 0.0518 e. The largest absolute Gasteiger partial charge is 0.334 e. The molecule has 0 bridgehead atoms. The molecule has 13 rings (SSSR count). The molecule has 4 atom stereocenters. The van der Waals surface area contributed by atoms with Crippen LogP contribution < -0.4 is 9.80 Å². The van der Waals surface area contributed by atoms with Crippen molar-refractivity contribution < 1.29 is 0 Å². The van der Waals surface area contributed by atoms with Gasteiger partial charge in [-0.25, -0.2) is 0 Å². The van der Waals surface area contributed by atoms with Gasteiger partial charge in [-0.05, 0) is 216 Å². The molecule has 0 aromatic heterocycles. The average molecular weight is 873 g/mol. The minimum atomic E-state index is 0.0242. The van der Waals surface area contributed by atoms with Gasteiger partial charge in [-0.15, -0.1) is 0 Å². The predicted octanol–water partition coefficient (Wildman–Crippen LogP) is 17.6. The van der Waals surface area contributed by atoms with E-state index in [4.69, 9.17) is 0 Å². The topological polar surface area (TPSA) is 6.48 Å². The predicted molar refractivity (Wildman–Crippen MR) is 285 cm³/mol. The van der Waals surface area contributed by atoms with Gasteiger partial charge in [0.1, 0.15) is 0 Å². The highest BCUT2D eigenvalue weighted by Crippen LogP contribution is 2.64. The van der Waals surface area contributed by atoms with Gasteiger partial charge in [-0.1, -0.05) is 131 Å². The summed E-state index contributed by atoms with van der Waals surface area (Å²) in [6.07, 6.45) is 10.9. The lowest BCUT2D eigenvalue weighted by Crippen LogP contribution is -2.54. The number of hydrogen-bond donors (Lipinski definition) is 0. The van der Waals surface area contributed by atoms with Gasteiger partial charge in [-0.2, -0.15) is 0 Å². The molecule has 0 saturated heterocycles. The zero-order chi connectivity index (χ0) is 45.8. The third-order valence-corrected chi connectivity index (χ3v) is 19.4. The molecule has 2 heterocycles. The number of hydrogen-bond acceptors (Lipinski definition) is 2. The maximum Gasteiger partial charge on any atom is 0.0518 e. The first-order valence-corrected chi connectivity index (χ1v) is 25.5. The van der Waals surface area contributed by atoms with E-state index in [1.165, 1.54) is 174 Å². The van der Waals surface area contributed by atoms with Gasteiger partial charge >= 0.3 is 0 Å². The van der Waals surface area contributed by atoms with E-state index in [9.17, 15) is 0 Å². The zero-order valence-electron chi connectivity index (χ0n) is 41.0. The normalized spacial score (nSPS) is 24.7. The first-order chi connectivity index (χ1) is 32.4. The highest BCUT2D eigenvalue weighted by atomic mass is 15.3. The van der Waals surface area contributed by atoms with Crippen molar-refractivity contribution >= 4 is 44.3 Å². The monoisotopic (exact) mass is 873 g/mol. The summed E-state index contributed by atoms with van der Waals surface area (Å²) in [7, 11) is 0. The molecular weight excluding hydrogens is 809 g/mol. The molecule has 2 nitrogen and oxygen atoms in total. The van der Waals surface area contributed by atoms with Crippen LogP contribution in [0.2, 0.25) is 0 Å². The number of anilines is 4. The quantitative estimate of drug-likeness (QED) is 0.163. The molecule has 2 fully saturated rings. The van der Waals surface area contributed by atoms with Gasteiger partial charge in [0.05, 0.1) is 11.1 Å². The number of para-hydroxylation sites is 2. The molecule has 2 saturated carbocycles. The van der Waals surface area contributed by atoms with E-state index in [2.05, 4.69) is 199 Å². The van der Waals surface area contributed by atoms with Crippen LogP contribution in [0.5, 0.6) is 0 Å². The van der Waals surface area contributed by atoms with Crippen LogP contribution in [-0.2, 0) is 17.3 Å². The van der Waals surface area contributed by atoms with Crippen molar-refractivity contribution in [2.75, 3.05) is 9.80 Å². The Morgan fingerprint density at radius 2 is 0.881 bits per heavy atom. The highest BCUT2D eigenvalue weighted by molar-refractivity contribution is 6.18. The fraction of sp³-hybridized carbons (Fsp3) is 0.323. The standard InChI is InChI=1S/C65H64N2/c1-40-42(3)60-57(62(5)31-17-19-33-64(62,7)66(60)47-21-11-9-12-22-47)38-53(40)44-27-29-49-46(35-44)37-56-51-30-28-45(36-55(51)50-25-15-16-26-52(50)59(49)56)54-39-58-61(43(4)41(54)2)67(48-23-13-10-14-24-48)65(8)34-20-18-32-63(58,65)6/h9-16,21-30,35-36,38-39H,17-20,31-34,37H2,1-8H3. The number of benzene rings is 8. The molecule has 0 amide bonds. The van der Waals surface area contributed by atoms with E-state index in [1.807, 2.05) is 0 Å². The molecule has 3 aliphatic carbocycles. The first-order valence-electron chi connectivity index (χ1n) is 25.5. The van der Waals surface area contributed by atoms with Crippen molar-refractivity contribution in [1.29, 1.82) is 0 Å². The fourth-order valence-electron chi connectivity index (χ4n) is 15.1. The Morgan fingerprint density at radius 3 is 1.43 bits per heavy atom. The second-order valence-corrected chi connectivity index (χ2v) is 22.3. The van der Waals surface area contributed by atoms with Crippen molar-refractivity contribution in [3.63, 3.8) is 0 Å². The SMILES string of the molecule is Cc1c(-c2ccc3c(c2)Cc2c-3c3ccccc3c3cc(-c4cc5c(c(C)c4C)N(c4ccccc4)C4(C)CCCCC54C)ccc23)cc2c(c1C)N(c1ccccc1)C1(C)CCCCC21C. The minimum Gasteiger partial charge on any atom is -0.334 e. The zero-order valence-corrected chi connectivity index (χ0v) is 41.0. The van der Waals surface area contributed by atoms with Gasteiger partial charge in [-0.3, -0.25) is 0 Å². The third kappa shape index (κ3) is 5.28. The van der Waals surface area contributed by atoms with Crippen LogP contribution in [0.25, 0.3) is 54.9 Å². The number of nitrogens with zero attached hydrogens (tertiary/aromatic N) is 2. The van der Waals surface area contributed by atoms with Gasteiger partial charge < -0.3 is 9.80 Å². The van der Waals surface area contributed by atoms with E-state index in [0.717, 1.165) is 6.42 Å². The molecule has 2 heteroatoms. The first kappa shape index (κ1) is 41.1. The number of rotatable bonds is 4. The van der Waals surface area contributed by atoms with Crippen LogP contribution in [0.15, 0.2) is 133 Å². The van der Waals surface area contributed by atoms with Crippen molar-refractivity contribution in [1.82, 2.24) is 0 Å². The molecule has 67 heavy (non-hydrogen) atoms. The van der Waals surface area contributed by atoms with Gasteiger partial charge in [0, 0.05) is 33.6 Å². The van der Waals surface area contributed by atoms with Crippen LogP contribution in [0, 0.1) is 27.7 Å². The summed E-state index contributed by atoms with van der Waals surface area (Å²) in [4.78, 5) is 5.49. The second kappa shape index (κ2) is 14.2. The third-order valence-electron chi connectivity index (χ3n) is 19.4. The summed E-state index contributed by atoms with van der Waals surface area (Å²) in [6.45, 7) is 19.8. The maximum atomic E-state index is 2.74. The Labute approximate surface area is 398 Å². The lowest BCUT2D eigenvalue weighted by Gasteiger charge is -2.50. The molecule has 2 aliphatic heterocycles. The van der Waals surface area contributed by atoms with Crippen LogP contribution in [-0.4, -0.2) is 11.1 Å². The summed E-state index contributed by atoms with van der Waals surface area (Å²) < 4.78 is 0. The molecule has 0 spiro atoms. The lowest BCUT2D eigenvalue weighted by atomic mass is 9.61. The van der Waals surface area contributed by atoms with E-state index >= 15 is 0 Å². The summed E-state index contributed by atoms with van der Waals surface area (Å²) in [5.74, 6) is 0. The Bertz CT molecular complexity index is 3400. The highest BCUT2D eigenvalue weighted by Gasteiger charge is 2.59. The molecule has 8 aromatic carbocycles. The minimum absolute atomic E-state index is 0.0242. The van der Waals surface area contributed by atoms with Crippen LogP contribution in [0.3, 0.4) is 0 Å². The Morgan fingerprint density at radius 1 is 0.403 bits per heavy atom. The van der Waals surface area contributed by atoms with Crippen molar-refractivity contribution in [3.8, 4) is 33.4 Å². The molecular formula is C65H64N2. The van der Waals surface area contributed by atoms with Crippen molar-refractivity contribution in [3.05, 3.63) is 178 Å². The summed E-state index contributed by atoms with van der Waals surface area (Å²) in [6, 6.07) is 51.8. The molecule has 8 aromatic rings. The van der Waals surface area contributed by atoms with Crippen molar-refractivity contribution in [2.45, 2.75) is 135 Å². The average Bonchev–Trinajstić information content (AvgIpc) is 3.91. The van der Waals surface area contributed by atoms with E-state index in [-0.39, 0.29) is 21.9 Å². The van der Waals surface area contributed by atoms with Crippen LogP contribution in [0.4, 0.5) is 22.7 Å². The van der Waals surface area contributed by atoms with Crippen molar-refractivity contribution in [2.24, 2.45) is 0 Å². The summed E-state index contributed by atoms with van der Waals surface area (Å²) in [5.41, 5.74) is 25.6. The van der Waals surface area contributed by atoms with E-state index in [1.54, 1.807) is 0 Å².